The lowest BCUT2D eigenvalue weighted by molar-refractivity contribution is 0.102. The van der Waals surface area contributed by atoms with Crippen LogP contribution >= 0.6 is 18.5 Å². The molecular formula is C19H19NO5P2. The minimum atomic E-state index is -2.46. The number of rotatable bonds is 6. The summed E-state index contributed by atoms with van der Waals surface area (Å²) in [6, 6.07) is 22.5. The van der Waals surface area contributed by atoms with Crippen molar-refractivity contribution >= 4 is 30.1 Å². The number of hydrogen-bond donors (Lipinski definition) is 3. The third-order valence-electron chi connectivity index (χ3n) is 3.39. The summed E-state index contributed by atoms with van der Waals surface area (Å²) in [5, 5.41) is 2.75. The van der Waals surface area contributed by atoms with Crippen molar-refractivity contribution in [2.75, 3.05) is 5.32 Å². The van der Waals surface area contributed by atoms with Gasteiger partial charge >= 0.3 is 8.60 Å². The SMILES string of the molecule is O=C(Nc1ccc(OP(O)O)cc1)c1ccc(Oc2ccccc2)cc1.P. The Morgan fingerprint density at radius 1 is 0.778 bits per heavy atom. The molecule has 1 atom stereocenters. The molecule has 0 saturated carbocycles. The van der Waals surface area contributed by atoms with E-state index >= 15 is 0 Å². The average molecular weight is 403 g/mol. The molecule has 0 radical (unpaired) electrons. The Labute approximate surface area is 161 Å². The molecule has 0 spiro atoms. The molecule has 3 aromatic rings. The van der Waals surface area contributed by atoms with Crippen LogP contribution in [-0.4, -0.2) is 15.7 Å². The number of ether oxygens (including phenoxy) is 1. The molecule has 6 nitrogen and oxygen atoms in total. The van der Waals surface area contributed by atoms with Crippen LogP contribution in [0.4, 0.5) is 5.69 Å². The van der Waals surface area contributed by atoms with Crippen LogP contribution in [0.25, 0.3) is 0 Å². The Morgan fingerprint density at radius 3 is 1.93 bits per heavy atom. The van der Waals surface area contributed by atoms with Gasteiger partial charge in [0.2, 0.25) is 0 Å². The molecular weight excluding hydrogens is 384 g/mol. The molecule has 1 unspecified atom stereocenters. The van der Waals surface area contributed by atoms with Crippen LogP contribution in [0.15, 0.2) is 78.9 Å². The summed E-state index contributed by atoms with van der Waals surface area (Å²) in [4.78, 5) is 29.9. The summed E-state index contributed by atoms with van der Waals surface area (Å²) >= 11 is 0. The Morgan fingerprint density at radius 2 is 1.33 bits per heavy atom. The largest absolute Gasteiger partial charge is 0.457 e. The Kier molecular flexibility index (Phi) is 7.71. The molecule has 3 N–H and O–H groups in total. The van der Waals surface area contributed by atoms with Gasteiger partial charge in [0.25, 0.3) is 5.91 Å². The van der Waals surface area contributed by atoms with Crippen LogP contribution in [0, 0.1) is 0 Å². The van der Waals surface area contributed by atoms with Gasteiger partial charge in [-0.25, -0.2) is 0 Å². The molecule has 0 saturated heterocycles. The molecule has 0 bridgehead atoms. The molecule has 0 fully saturated rings. The molecule has 27 heavy (non-hydrogen) atoms. The average Bonchev–Trinajstić information content (AvgIpc) is 2.64. The summed E-state index contributed by atoms with van der Waals surface area (Å²) in [6.45, 7) is 0. The second-order valence-corrected chi connectivity index (χ2v) is 5.95. The zero-order valence-electron chi connectivity index (χ0n) is 14.3. The molecule has 8 heteroatoms. The summed E-state index contributed by atoms with van der Waals surface area (Å²) < 4.78 is 10.5. The maximum atomic E-state index is 12.3. The highest BCUT2D eigenvalue weighted by atomic mass is 31.2. The Balaban J connectivity index is 0.00000261. The van der Waals surface area contributed by atoms with Crippen molar-refractivity contribution in [3.8, 4) is 17.2 Å². The number of benzene rings is 3. The molecule has 0 aliphatic heterocycles. The second-order valence-electron chi connectivity index (χ2n) is 5.26. The highest BCUT2D eigenvalue weighted by molar-refractivity contribution is 7.39. The first-order chi connectivity index (χ1) is 12.6. The van der Waals surface area contributed by atoms with Crippen LogP contribution in [0.5, 0.6) is 17.2 Å². The van der Waals surface area contributed by atoms with Gasteiger partial charge in [0.15, 0.2) is 0 Å². The highest BCUT2D eigenvalue weighted by Gasteiger charge is 2.08. The number of carbonyl (C=O) groups is 1. The first kappa shape index (κ1) is 20.8. The van der Waals surface area contributed by atoms with Crippen LogP contribution < -0.4 is 14.6 Å². The number of amides is 1. The summed E-state index contributed by atoms with van der Waals surface area (Å²) in [5.74, 6) is 1.40. The van der Waals surface area contributed by atoms with Gasteiger partial charge in [-0.1, -0.05) is 18.2 Å². The fourth-order valence-corrected chi connectivity index (χ4v) is 2.51. The monoisotopic (exact) mass is 403 g/mol. The van der Waals surface area contributed by atoms with E-state index < -0.39 is 8.60 Å². The minimum absolute atomic E-state index is 0. The topological polar surface area (TPSA) is 88.0 Å². The zero-order valence-corrected chi connectivity index (χ0v) is 16.6. The number of para-hydroxylation sites is 1. The standard InChI is InChI=1S/C19H16NO5P.H3P/c21-19(20-15-8-12-18(13-9-15)25-26(22)23)14-6-10-17(11-7-14)24-16-4-2-1-3-5-16;/h1-13,22-23H,(H,20,21);1H3. The molecule has 0 aromatic heterocycles. The summed E-state index contributed by atoms with van der Waals surface area (Å²) in [6.07, 6.45) is 0. The van der Waals surface area contributed by atoms with E-state index in [2.05, 4.69) is 5.32 Å². The second kappa shape index (κ2) is 10.0. The van der Waals surface area contributed by atoms with E-state index in [0.717, 1.165) is 5.75 Å². The molecule has 0 heterocycles. The minimum Gasteiger partial charge on any atom is -0.457 e. The van der Waals surface area contributed by atoms with Gasteiger partial charge < -0.3 is 24.4 Å². The number of hydrogen-bond acceptors (Lipinski definition) is 5. The van der Waals surface area contributed by atoms with Crippen molar-refractivity contribution in [1.82, 2.24) is 0 Å². The fraction of sp³-hybridized carbons (Fsp3) is 0. The van der Waals surface area contributed by atoms with Gasteiger partial charge in [-0.05, 0) is 60.7 Å². The lowest BCUT2D eigenvalue weighted by Gasteiger charge is -2.09. The Hall–Kier alpha value is -2.49. The molecule has 1 amide bonds. The highest BCUT2D eigenvalue weighted by Crippen LogP contribution is 2.29. The molecule has 3 aromatic carbocycles. The zero-order chi connectivity index (χ0) is 18.4. The van der Waals surface area contributed by atoms with Gasteiger partial charge in [0.05, 0.1) is 0 Å². The maximum absolute atomic E-state index is 12.3. The van der Waals surface area contributed by atoms with Gasteiger partial charge in [0, 0.05) is 11.3 Å². The maximum Gasteiger partial charge on any atom is 0.391 e. The summed E-state index contributed by atoms with van der Waals surface area (Å²) in [5.41, 5.74) is 1.05. The predicted molar refractivity (Wildman–Crippen MR) is 110 cm³/mol. The summed E-state index contributed by atoms with van der Waals surface area (Å²) in [7, 11) is -2.46. The van der Waals surface area contributed by atoms with Crippen molar-refractivity contribution in [2.45, 2.75) is 0 Å². The first-order valence-corrected chi connectivity index (χ1v) is 8.87. The van der Waals surface area contributed by atoms with Crippen molar-refractivity contribution in [3.05, 3.63) is 84.4 Å². The van der Waals surface area contributed by atoms with Crippen LogP contribution in [0.3, 0.4) is 0 Å². The van der Waals surface area contributed by atoms with E-state index in [1.165, 1.54) is 12.1 Å². The lowest BCUT2D eigenvalue weighted by atomic mass is 10.2. The van der Waals surface area contributed by atoms with Crippen molar-refractivity contribution in [3.63, 3.8) is 0 Å². The van der Waals surface area contributed by atoms with Crippen molar-refractivity contribution in [2.24, 2.45) is 0 Å². The predicted octanol–water partition coefficient (Wildman–Crippen LogP) is 4.38. The number of anilines is 1. The normalized spacial score (nSPS) is 10.0. The van der Waals surface area contributed by atoms with Crippen LogP contribution in [0.1, 0.15) is 10.4 Å². The van der Waals surface area contributed by atoms with Crippen LogP contribution in [0.2, 0.25) is 0 Å². The third-order valence-corrected chi connectivity index (χ3v) is 3.77. The Bertz CT molecular complexity index is 856. The van der Waals surface area contributed by atoms with E-state index in [1.807, 2.05) is 30.3 Å². The molecule has 140 valence electrons. The van der Waals surface area contributed by atoms with Gasteiger partial charge in [0.1, 0.15) is 17.2 Å². The first-order valence-electron chi connectivity index (χ1n) is 7.70. The van der Waals surface area contributed by atoms with Crippen LogP contribution in [-0.2, 0) is 0 Å². The quantitative estimate of drug-likeness (QED) is 0.532. The molecule has 0 aliphatic carbocycles. The van der Waals surface area contributed by atoms with Gasteiger partial charge in [-0.15, -0.1) is 0 Å². The van der Waals surface area contributed by atoms with E-state index in [-0.39, 0.29) is 15.8 Å². The number of nitrogens with one attached hydrogen (secondary N) is 1. The van der Waals surface area contributed by atoms with E-state index in [9.17, 15) is 4.79 Å². The fourth-order valence-electron chi connectivity index (χ4n) is 2.20. The third kappa shape index (κ3) is 6.31. The molecule has 0 aliphatic rings. The number of carbonyl (C=O) groups excluding carboxylic acids is 1. The molecule has 3 rings (SSSR count). The van der Waals surface area contributed by atoms with Crippen molar-refractivity contribution in [1.29, 1.82) is 0 Å². The van der Waals surface area contributed by atoms with E-state index in [1.54, 1.807) is 36.4 Å². The van der Waals surface area contributed by atoms with E-state index in [4.69, 9.17) is 19.0 Å². The van der Waals surface area contributed by atoms with Gasteiger partial charge in [-0.3, -0.25) is 4.79 Å². The smallest absolute Gasteiger partial charge is 0.391 e. The van der Waals surface area contributed by atoms with E-state index in [0.29, 0.717) is 22.7 Å². The lowest BCUT2D eigenvalue weighted by Crippen LogP contribution is -2.11. The van der Waals surface area contributed by atoms with Crippen molar-refractivity contribution < 1.29 is 23.8 Å². The van der Waals surface area contributed by atoms with Gasteiger partial charge in [-0.2, -0.15) is 9.90 Å².